The molecular formula is C14H22N2O3. The third-order valence-electron chi connectivity index (χ3n) is 3.93. The van der Waals surface area contributed by atoms with E-state index in [2.05, 4.69) is 12.0 Å². The number of Topliss-reactive ketones (excluding diaryl/α,β-unsaturated/α-hetero) is 1. The zero-order chi connectivity index (χ0) is 13.9. The molecule has 0 unspecified atom stereocenters. The van der Waals surface area contributed by atoms with E-state index in [0.29, 0.717) is 32.5 Å². The molecule has 1 fully saturated rings. The van der Waals surface area contributed by atoms with Gasteiger partial charge < -0.3 is 9.47 Å². The maximum atomic E-state index is 12.5. The quantitative estimate of drug-likeness (QED) is 0.806. The molecule has 5 heteroatoms. The summed E-state index contributed by atoms with van der Waals surface area (Å²) < 4.78 is 12.6. The monoisotopic (exact) mass is 266 g/mol. The number of carbonyl (C=O) groups excluding carboxylic acids is 1. The molecule has 0 atom stereocenters. The van der Waals surface area contributed by atoms with Crippen LogP contribution < -0.4 is 0 Å². The highest BCUT2D eigenvalue weighted by Crippen LogP contribution is 2.27. The molecule has 1 aromatic heterocycles. The normalized spacial score (nSPS) is 18.5. The summed E-state index contributed by atoms with van der Waals surface area (Å²) in [6, 6.07) is 2.00. The fourth-order valence-electron chi connectivity index (χ4n) is 2.53. The second kappa shape index (κ2) is 5.84. The van der Waals surface area contributed by atoms with Crippen molar-refractivity contribution in [3.05, 3.63) is 17.5 Å². The van der Waals surface area contributed by atoms with E-state index in [-0.39, 0.29) is 5.78 Å². The van der Waals surface area contributed by atoms with Crippen molar-refractivity contribution in [2.24, 2.45) is 7.05 Å². The van der Waals surface area contributed by atoms with Gasteiger partial charge in [-0.15, -0.1) is 0 Å². The number of ketones is 1. The lowest BCUT2D eigenvalue weighted by Crippen LogP contribution is -2.46. The van der Waals surface area contributed by atoms with Gasteiger partial charge in [-0.05, 0) is 12.5 Å². The maximum absolute atomic E-state index is 12.5. The van der Waals surface area contributed by atoms with E-state index in [9.17, 15) is 4.79 Å². The molecule has 1 aromatic rings. The molecule has 0 N–H and O–H groups in total. The van der Waals surface area contributed by atoms with Crippen LogP contribution in [0.2, 0.25) is 0 Å². The molecule has 0 aliphatic carbocycles. The molecule has 1 aliphatic heterocycles. The van der Waals surface area contributed by atoms with E-state index in [1.165, 1.54) is 0 Å². The van der Waals surface area contributed by atoms with Gasteiger partial charge in [-0.2, -0.15) is 5.10 Å². The third kappa shape index (κ3) is 2.87. The smallest absolute Gasteiger partial charge is 0.170 e. The van der Waals surface area contributed by atoms with Crippen LogP contribution in [0.4, 0.5) is 0 Å². The molecule has 2 rings (SSSR count). The van der Waals surface area contributed by atoms with Gasteiger partial charge >= 0.3 is 0 Å². The number of carbonyl (C=O) groups is 1. The first-order valence-corrected chi connectivity index (χ1v) is 6.79. The average molecular weight is 266 g/mol. The molecule has 1 saturated heterocycles. The number of aromatic nitrogens is 2. The molecule has 106 valence electrons. The summed E-state index contributed by atoms with van der Waals surface area (Å²) in [5.41, 5.74) is 1.29. The van der Waals surface area contributed by atoms with Gasteiger partial charge in [-0.3, -0.25) is 9.48 Å². The molecule has 0 radical (unpaired) electrons. The molecular weight excluding hydrogens is 244 g/mol. The molecule has 0 bridgehead atoms. The Kier molecular flexibility index (Phi) is 4.37. The second-order valence-electron chi connectivity index (χ2n) is 5.01. The minimum atomic E-state index is -0.672. The Morgan fingerprint density at radius 1 is 1.53 bits per heavy atom. The van der Waals surface area contributed by atoms with Gasteiger partial charge in [0.15, 0.2) is 5.78 Å². The predicted octanol–water partition coefficient (Wildman–Crippen LogP) is 1.29. The largest absolute Gasteiger partial charge is 0.381 e. The number of hydrogen-bond acceptors (Lipinski definition) is 4. The van der Waals surface area contributed by atoms with Crippen molar-refractivity contribution in [1.29, 1.82) is 0 Å². The molecule has 2 heterocycles. The Balaban J connectivity index is 2.12. The number of methoxy groups -OCH3 is 1. The lowest BCUT2D eigenvalue weighted by Gasteiger charge is -2.34. The Morgan fingerprint density at radius 2 is 2.21 bits per heavy atom. The van der Waals surface area contributed by atoms with Crippen molar-refractivity contribution in [3.8, 4) is 0 Å². The summed E-state index contributed by atoms with van der Waals surface area (Å²) in [6.07, 6.45) is 2.53. The summed E-state index contributed by atoms with van der Waals surface area (Å²) >= 11 is 0. The van der Waals surface area contributed by atoms with Gasteiger partial charge in [0.2, 0.25) is 0 Å². The number of nitrogens with zero attached hydrogens (tertiary/aromatic N) is 2. The average Bonchev–Trinajstić information content (AvgIpc) is 2.80. The molecule has 19 heavy (non-hydrogen) atoms. The van der Waals surface area contributed by atoms with Gasteiger partial charge in [-0.25, -0.2) is 0 Å². The Bertz CT molecular complexity index is 448. The highest BCUT2D eigenvalue weighted by Gasteiger charge is 2.39. The van der Waals surface area contributed by atoms with Crippen LogP contribution in [0.25, 0.3) is 0 Å². The van der Waals surface area contributed by atoms with Gasteiger partial charge in [0.25, 0.3) is 0 Å². The van der Waals surface area contributed by atoms with E-state index in [1.54, 1.807) is 11.8 Å². The molecule has 1 aliphatic rings. The topological polar surface area (TPSA) is 53.4 Å². The van der Waals surface area contributed by atoms with E-state index in [4.69, 9.17) is 9.47 Å². The highest BCUT2D eigenvalue weighted by molar-refractivity contribution is 5.89. The van der Waals surface area contributed by atoms with Crippen LogP contribution in [-0.4, -0.2) is 41.5 Å². The fourth-order valence-corrected chi connectivity index (χ4v) is 2.53. The lowest BCUT2D eigenvalue weighted by atomic mass is 9.87. The Morgan fingerprint density at radius 3 is 2.74 bits per heavy atom. The summed E-state index contributed by atoms with van der Waals surface area (Å²) in [4.78, 5) is 12.5. The minimum absolute atomic E-state index is 0.129. The summed E-state index contributed by atoms with van der Waals surface area (Å²) in [5.74, 6) is 0.129. The lowest BCUT2D eigenvalue weighted by molar-refractivity contribution is -0.152. The van der Waals surface area contributed by atoms with Crippen molar-refractivity contribution >= 4 is 5.78 Å². The Hall–Kier alpha value is -1.20. The van der Waals surface area contributed by atoms with Crippen LogP contribution in [0.5, 0.6) is 0 Å². The van der Waals surface area contributed by atoms with Crippen molar-refractivity contribution < 1.29 is 14.3 Å². The standard InChI is InChI=1S/C14H22N2O3/c1-4-11-9-12(16(2)15-11)10-13(17)14(18-3)5-7-19-8-6-14/h9H,4-8,10H2,1-3H3. The van der Waals surface area contributed by atoms with Gasteiger partial charge in [-0.1, -0.05) is 6.92 Å². The first kappa shape index (κ1) is 14.2. The van der Waals surface area contributed by atoms with Crippen molar-refractivity contribution in [2.75, 3.05) is 20.3 Å². The van der Waals surface area contributed by atoms with E-state index >= 15 is 0 Å². The number of rotatable bonds is 5. The number of aryl methyl sites for hydroxylation is 2. The van der Waals surface area contributed by atoms with Crippen molar-refractivity contribution in [3.63, 3.8) is 0 Å². The fraction of sp³-hybridized carbons (Fsp3) is 0.714. The summed E-state index contributed by atoms with van der Waals surface area (Å²) in [5, 5.41) is 4.37. The molecule has 0 saturated carbocycles. The van der Waals surface area contributed by atoms with Crippen LogP contribution in [0.15, 0.2) is 6.07 Å². The molecule has 0 amide bonds. The number of hydrogen-bond donors (Lipinski definition) is 0. The summed E-state index contributed by atoms with van der Waals surface area (Å²) in [6.45, 7) is 3.24. The highest BCUT2D eigenvalue weighted by atomic mass is 16.5. The zero-order valence-corrected chi connectivity index (χ0v) is 11.9. The van der Waals surface area contributed by atoms with E-state index in [1.807, 2.05) is 13.1 Å². The maximum Gasteiger partial charge on any atom is 0.170 e. The van der Waals surface area contributed by atoms with Gasteiger partial charge in [0.05, 0.1) is 12.1 Å². The van der Waals surface area contributed by atoms with Crippen molar-refractivity contribution in [2.45, 2.75) is 38.2 Å². The SMILES string of the molecule is CCc1cc(CC(=O)C2(OC)CCOCC2)n(C)n1. The zero-order valence-electron chi connectivity index (χ0n) is 11.9. The van der Waals surface area contributed by atoms with Crippen LogP contribution in [0, 0.1) is 0 Å². The van der Waals surface area contributed by atoms with E-state index < -0.39 is 5.60 Å². The van der Waals surface area contributed by atoms with Crippen LogP contribution in [-0.2, 0) is 34.2 Å². The molecule has 0 spiro atoms. The van der Waals surface area contributed by atoms with E-state index in [0.717, 1.165) is 17.8 Å². The van der Waals surface area contributed by atoms with Crippen molar-refractivity contribution in [1.82, 2.24) is 9.78 Å². The first-order chi connectivity index (χ1) is 9.11. The van der Waals surface area contributed by atoms with Crippen LogP contribution in [0.1, 0.15) is 31.2 Å². The van der Waals surface area contributed by atoms with Crippen LogP contribution in [0.3, 0.4) is 0 Å². The molecule has 5 nitrogen and oxygen atoms in total. The second-order valence-corrected chi connectivity index (χ2v) is 5.01. The third-order valence-corrected chi connectivity index (χ3v) is 3.93. The van der Waals surface area contributed by atoms with Gasteiger partial charge in [0, 0.05) is 45.9 Å². The summed E-state index contributed by atoms with van der Waals surface area (Å²) in [7, 11) is 3.50. The first-order valence-electron chi connectivity index (χ1n) is 6.79. The van der Waals surface area contributed by atoms with Crippen LogP contribution >= 0.6 is 0 Å². The predicted molar refractivity (Wildman–Crippen MR) is 71.1 cm³/mol. The number of ether oxygens (including phenoxy) is 2. The minimum Gasteiger partial charge on any atom is -0.381 e. The Labute approximate surface area is 113 Å². The van der Waals surface area contributed by atoms with Gasteiger partial charge in [0.1, 0.15) is 5.60 Å². The molecule has 0 aromatic carbocycles.